The number of pyridine rings is 1. The number of methoxy groups -OCH3 is 1. The summed E-state index contributed by atoms with van der Waals surface area (Å²) >= 11 is 6.41. The Morgan fingerprint density at radius 3 is 2.72 bits per heavy atom. The standard InChI is InChI=1S/C25H27ClF2N8O3/c1-14-23(32-33-36(14)20-3-4-34(10-19(20)28)17-11-38-12-17)15-5-21(24-18(26)8-31-35(24)9-15)39-13-22(37-2)25-29-6-16(27)7-30-25/h5-9,17,19-20,22H,3-4,10-13H2,1-2H3/t19-,20+,22?/m0/s1. The van der Waals surface area contributed by atoms with E-state index in [2.05, 4.69) is 30.3 Å². The van der Waals surface area contributed by atoms with Crippen LogP contribution in [0.4, 0.5) is 8.78 Å². The van der Waals surface area contributed by atoms with Gasteiger partial charge in [-0.1, -0.05) is 16.8 Å². The lowest BCUT2D eigenvalue weighted by atomic mass is 10.00. The van der Waals surface area contributed by atoms with E-state index in [4.69, 9.17) is 25.8 Å². The second-order valence-corrected chi connectivity index (χ2v) is 10.1. The zero-order chi connectivity index (χ0) is 27.1. The van der Waals surface area contributed by atoms with Crippen LogP contribution in [0.1, 0.15) is 30.1 Å². The third kappa shape index (κ3) is 4.95. The Bertz CT molecular complexity index is 1460. The van der Waals surface area contributed by atoms with Crippen molar-refractivity contribution >= 4 is 17.1 Å². The lowest BCUT2D eigenvalue weighted by Gasteiger charge is -2.42. The molecule has 0 N–H and O–H groups in total. The van der Waals surface area contributed by atoms with Crippen molar-refractivity contribution in [3.8, 4) is 17.0 Å². The van der Waals surface area contributed by atoms with Crippen LogP contribution in [-0.4, -0.2) is 91.7 Å². The fourth-order valence-electron chi connectivity index (χ4n) is 5.07. The molecule has 2 saturated heterocycles. The number of hydrogen-bond acceptors (Lipinski definition) is 9. The van der Waals surface area contributed by atoms with Gasteiger partial charge in [0.25, 0.3) is 0 Å². The number of halogens is 3. The lowest BCUT2D eigenvalue weighted by Crippen LogP contribution is -2.55. The summed E-state index contributed by atoms with van der Waals surface area (Å²) in [5.74, 6) is 0.157. The maximum absolute atomic E-state index is 15.3. The molecule has 0 aromatic carbocycles. The van der Waals surface area contributed by atoms with E-state index in [9.17, 15) is 4.39 Å². The molecule has 0 bridgehead atoms. The van der Waals surface area contributed by atoms with Crippen molar-refractivity contribution < 1.29 is 23.0 Å². The normalized spacial score (nSPS) is 21.3. The molecule has 11 nitrogen and oxygen atoms in total. The van der Waals surface area contributed by atoms with Crippen LogP contribution in [0.5, 0.6) is 5.75 Å². The molecule has 1 unspecified atom stereocenters. The highest BCUT2D eigenvalue weighted by molar-refractivity contribution is 6.34. The Morgan fingerprint density at radius 1 is 1.23 bits per heavy atom. The molecular weight excluding hydrogens is 534 g/mol. The number of likely N-dealkylation sites (tertiary alicyclic amines) is 1. The van der Waals surface area contributed by atoms with Crippen molar-refractivity contribution in [2.45, 2.75) is 37.7 Å². The summed E-state index contributed by atoms with van der Waals surface area (Å²) in [5, 5.41) is 13.5. The first-order valence-electron chi connectivity index (χ1n) is 12.6. The molecule has 0 saturated carbocycles. The van der Waals surface area contributed by atoms with E-state index in [1.165, 1.54) is 13.3 Å². The summed E-state index contributed by atoms with van der Waals surface area (Å²) in [7, 11) is 1.49. The van der Waals surface area contributed by atoms with Crippen molar-refractivity contribution in [1.29, 1.82) is 0 Å². The number of nitrogens with zero attached hydrogens (tertiary/aromatic N) is 8. The Hall–Kier alpha value is -3.26. The predicted octanol–water partition coefficient (Wildman–Crippen LogP) is 3.23. The minimum atomic E-state index is -1.07. The van der Waals surface area contributed by atoms with Gasteiger partial charge in [-0.25, -0.2) is 27.9 Å². The second-order valence-electron chi connectivity index (χ2n) is 9.70. The third-order valence-electron chi connectivity index (χ3n) is 7.33. The largest absolute Gasteiger partial charge is 0.488 e. The molecule has 2 aliphatic rings. The number of hydrogen-bond donors (Lipinski definition) is 0. The average Bonchev–Trinajstić information content (AvgIpc) is 3.46. The Balaban J connectivity index is 1.26. The van der Waals surface area contributed by atoms with Crippen LogP contribution in [0.15, 0.2) is 30.9 Å². The van der Waals surface area contributed by atoms with Gasteiger partial charge in [0, 0.05) is 32.0 Å². The summed E-state index contributed by atoms with van der Waals surface area (Å²) in [5.41, 5.74) is 2.55. The van der Waals surface area contributed by atoms with Crippen LogP contribution in [0.3, 0.4) is 0 Å². The first-order valence-corrected chi connectivity index (χ1v) is 13.0. The van der Waals surface area contributed by atoms with Gasteiger partial charge in [-0.05, 0) is 19.4 Å². The van der Waals surface area contributed by atoms with Gasteiger partial charge in [-0.3, -0.25) is 4.90 Å². The van der Waals surface area contributed by atoms with E-state index >= 15 is 4.39 Å². The van der Waals surface area contributed by atoms with E-state index < -0.39 is 24.1 Å². The van der Waals surface area contributed by atoms with Gasteiger partial charge in [0.15, 0.2) is 17.7 Å². The van der Waals surface area contributed by atoms with E-state index in [-0.39, 0.29) is 12.4 Å². The van der Waals surface area contributed by atoms with E-state index in [0.717, 1.165) is 24.6 Å². The molecule has 4 aromatic heterocycles. The number of fused-ring (bicyclic) bond motifs is 1. The number of rotatable bonds is 8. The first kappa shape index (κ1) is 26.0. The summed E-state index contributed by atoms with van der Waals surface area (Å²) in [6.07, 6.45) is 4.34. The van der Waals surface area contributed by atoms with Crippen LogP contribution in [0.25, 0.3) is 16.8 Å². The minimum Gasteiger partial charge on any atom is -0.488 e. The summed E-state index contributed by atoms with van der Waals surface area (Å²) < 4.78 is 48.7. The lowest BCUT2D eigenvalue weighted by molar-refractivity contribution is -0.0849. The van der Waals surface area contributed by atoms with Crippen molar-refractivity contribution in [1.82, 2.24) is 39.5 Å². The summed E-state index contributed by atoms with van der Waals surface area (Å²) in [6.45, 7) is 4.36. The van der Waals surface area contributed by atoms with Crippen LogP contribution in [0, 0.1) is 12.7 Å². The maximum Gasteiger partial charge on any atom is 0.160 e. The molecule has 2 aliphatic heterocycles. The second kappa shape index (κ2) is 10.7. The summed E-state index contributed by atoms with van der Waals surface area (Å²) in [6, 6.07) is 1.68. The SMILES string of the molecule is COC(COc1cc(-c2nnn([C@@H]3CCN(C4COC4)C[C@@H]3F)c2C)cn2ncc(Cl)c12)c1ncc(F)cn1. The van der Waals surface area contributed by atoms with Crippen molar-refractivity contribution in [3.63, 3.8) is 0 Å². The molecule has 39 heavy (non-hydrogen) atoms. The highest BCUT2D eigenvalue weighted by Crippen LogP contribution is 2.35. The number of ether oxygens (including phenoxy) is 3. The molecule has 0 spiro atoms. The minimum absolute atomic E-state index is 0.0303. The van der Waals surface area contributed by atoms with Crippen molar-refractivity contribution in [3.05, 3.63) is 53.2 Å². The van der Waals surface area contributed by atoms with E-state index in [1.54, 1.807) is 21.5 Å². The predicted molar refractivity (Wildman–Crippen MR) is 136 cm³/mol. The highest BCUT2D eigenvalue weighted by Gasteiger charge is 2.37. The quantitative estimate of drug-likeness (QED) is 0.321. The molecule has 4 aromatic rings. The van der Waals surface area contributed by atoms with Crippen LogP contribution in [0.2, 0.25) is 5.02 Å². The van der Waals surface area contributed by atoms with E-state index in [0.29, 0.717) is 59.8 Å². The average molecular weight is 561 g/mol. The molecule has 0 aliphatic carbocycles. The molecule has 0 radical (unpaired) electrons. The molecule has 6 rings (SSSR count). The van der Waals surface area contributed by atoms with Gasteiger partial charge >= 0.3 is 0 Å². The van der Waals surface area contributed by atoms with Gasteiger partial charge in [0.2, 0.25) is 0 Å². The molecular formula is C25H27ClF2N8O3. The summed E-state index contributed by atoms with van der Waals surface area (Å²) in [4.78, 5) is 10.1. The van der Waals surface area contributed by atoms with Gasteiger partial charge in [0.1, 0.15) is 29.7 Å². The zero-order valence-corrected chi connectivity index (χ0v) is 22.1. The molecule has 3 atom stereocenters. The van der Waals surface area contributed by atoms with Gasteiger partial charge in [-0.15, -0.1) is 5.10 Å². The van der Waals surface area contributed by atoms with Crippen LogP contribution >= 0.6 is 11.6 Å². The fourth-order valence-corrected chi connectivity index (χ4v) is 5.29. The molecule has 206 valence electrons. The number of aromatic nitrogens is 7. The van der Waals surface area contributed by atoms with Gasteiger partial charge in [-0.2, -0.15) is 5.10 Å². The van der Waals surface area contributed by atoms with Gasteiger partial charge < -0.3 is 14.2 Å². The molecule has 0 amide bonds. The van der Waals surface area contributed by atoms with Crippen LogP contribution in [-0.2, 0) is 9.47 Å². The van der Waals surface area contributed by atoms with Crippen LogP contribution < -0.4 is 4.74 Å². The number of alkyl halides is 1. The zero-order valence-electron chi connectivity index (χ0n) is 21.4. The Kier molecular flexibility index (Phi) is 7.14. The van der Waals surface area contributed by atoms with Gasteiger partial charge in [0.05, 0.1) is 54.6 Å². The van der Waals surface area contributed by atoms with E-state index in [1.807, 2.05) is 6.92 Å². The fraction of sp³-hybridized carbons (Fsp3) is 0.480. The third-order valence-corrected chi connectivity index (χ3v) is 7.60. The molecule has 2 fully saturated rings. The Labute approximate surface area is 227 Å². The maximum atomic E-state index is 15.3. The highest BCUT2D eigenvalue weighted by atomic mass is 35.5. The van der Waals surface area contributed by atoms with Crippen molar-refractivity contribution in [2.75, 3.05) is 40.0 Å². The molecule has 14 heteroatoms. The Morgan fingerprint density at radius 2 is 2.03 bits per heavy atom. The molecule has 6 heterocycles. The first-order chi connectivity index (χ1) is 18.9. The number of piperidine rings is 1. The monoisotopic (exact) mass is 560 g/mol. The topological polar surface area (TPSA) is 105 Å². The van der Waals surface area contributed by atoms with Crippen molar-refractivity contribution in [2.24, 2.45) is 0 Å². The smallest absolute Gasteiger partial charge is 0.160 e.